The summed E-state index contributed by atoms with van der Waals surface area (Å²) in [5, 5.41) is 6.90. The Morgan fingerprint density at radius 3 is 2.82 bits per heavy atom. The molecule has 0 aliphatic rings. The van der Waals surface area contributed by atoms with Gasteiger partial charge in [-0.1, -0.05) is 6.07 Å². The Hall–Kier alpha value is -2.63. The van der Waals surface area contributed by atoms with Crippen LogP contribution in [0.1, 0.15) is 35.9 Å². The normalized spacial score (nSPS) is 11.3. The van der Waals surface area contributed by atoms with E-state index in [2.05, 4.69) is 33.8 Å². The maximum atomic E-state index is 12.1. The molecule has 0 unspecified atom stereocenters. The lowest BCUT2D eigenvalue weighted by Gasteiger charge is -2.09. The third-order valence-electron chi connectivity index (χ3n) is 3.70. The number of aromatic nitrogens is 4. The number of benzene rings is 1. The van der Waals surface area contributed by atoms with Crippen LogP contribution in [-0.2, 0) is 13.6 Å². The summed E-state index contributed by atoms with van der Waals surface area (Å²) in [6.45, 7) is 4.72. The molecule has 0 saturated carbocycles. The first kappa shape index (κ1) is 14.3. The van der Waals surface area contributed by atoms with Gasteiger partial charge >= 0.3 is 0 Å². The third-order valence-corrected chi connectivity index (χ3v) is 3.70. The quantitative estimate of drug-likeness (QED) is 0.803. The monoisotopic (exact) mass is 297 g/mol. The van der Waals surface area contributed by atoms with Crippen molar-refractivity contribution < 1.29 is 4.79 Å². The van der Waals surface area contributed by atoms with E-state index in [1.807, 2.05) is 24.5 Å². The average Bonchev–Trinajstić information content (AvgIpc) is 3.10. The number of nitrogens with zero attached hydrogens (tertiary/aromatic N) is 4. The highest BCUT2D eigenvalue weighted by Crippen LogP contribution is 2.18. The van der Waals surface area contributed by atoms with Crippen molar-refractivity contribution in [1.29, 1.82) is 0 Å². The van der Waals surface area contributed by atoms with Crippen molar-refractivity contribution in [2.45, 2.75) is 26.4 Å². The fourth-order valence-corrected chi connectivity index (χ4v) is 2.47. The van der Waals surface area contributed by atoms with Gasteiger partial charge in [0, 0.05) is 25.8 Å². The molecule has 6 nitrogen and oxygen atoms in total. The number of hydrogen-bond donors (Lipinski definition) is 1. The van der Waals surface area contributed by atoms with Gasteiger partial charge in [0.25, 0.3) is 5.91 Å². The molecular formula is C16H19N5O. The Balaban J connectivity index is 1.75. The molecule has 0 bridgehead atoms. The number of amides is 1. The maximum absolute atomic E-state index is 12.1. The number of rotatable bonds is 4. The zero-order chi connectivity index (χ0) is 15.7. The molecule has 1 aromatic carbocycles. The zero-order valence-electron chi connectivity index (χ0n) is 12.9. The first-order valence-corrected chi connectivity index (χ1v) is 7.28. The van der Waals surface area contributed by atoms with Crippen molar-refractivity contribution in [1.82, 2.24) is 24.6 Å². The summed E-state index contributed by atoms with van der Waals surface area (Å²) in [4.78, 5) is 16.5. The lowest BCUT2D eigenvalue weighted by molar-refractivity contribution is 0.0941. The van der Waals surface area contributed by atoms with E-state index < -0.39 is 0 Å². The SMILES string of the molecule is CC(C)n1cnc2cc(CNC(=O)c3ccnn3C)ccc21. The van der Waals surface area contributed by atoms with Crippen LogP contribution in [0.15, 0.2) is 36.8 Å². The molecule has 1 amide bonds. The van der Waals surface area contributed by atoms with Crippen LogP contribution in [-0.4, -0.2) is 25.2 Å². The van der Waals surface area contributed by atoms with E-state index >= 15 is 0 Å². The zero-order valence-corrected chi connectivity index (χ0v) is 12.9. The lowest BCUT2D eigenvalue weighted by Crippen LogP contribution is -2.25. The van der Waals surface area contributed by atoms with E-state index in [1.165, 1.54) is 0 Å². The average molecular weight is 297 g/mol. The predicted molar refractivity (Wildman–Crippen MR) is 84.5 cm³/mol. The highest BCUT2D eigenvalue weighted by atomic mass is 16.2. The van der Waals surface area contributed by atoms with Gasteiger partial charge in [0.05, 0.1) is 17.4 Å². The molecule has 0 fully saturated rings. The van der Waals surface area contributed by atoms with Crippen molar-refractivity contribution in [2.75, 3.05) is 0 Å². The van der Waals surface area contributed by atoms with Crippen molar-refractivity contribution in [3.8, 4) is 0 Å². The minimum absolute atomic E-state index is 0.132. The first-order chi connectivity index (χ1) is 10.6. The lowest BCUT2D eigenvalue weighted by atomic mass is 10.2. The summed E-state index contributed by atoms with van der Waals surface area (Å²) in [5.41, 5.74) is 3.62. The van der Waals surface area contributed by atoms with Crippen molar-refractivity contribution in [3.63, 3.8) is 0 Å². The van der Waals surface area contributed by atoms with E-state index in [9.17, 15) is 4.79 Å². The van der Waals surface area contributed by atoms with Gasteiger partial charge in [0.1, 0.15) is 5.69 Å². The van der Waals surface area contributed by atoms with Crippen LogP contribution in [0.5, 0.6) is 0 Å². The van der Waals surface area contributed by atoms with Gasteiger partial charge in [-0.25, -0.2) is 4.98 Å². The van der Waals surface area contributed by atoms with Crippen LogP contribution in [0.3, 0.4) is 0 Å². The molecule has 0 saturated heterocycles. The minimum atomic E-state index is -0.132. The summed E-state index contributed by atoms with van der Waals surface area (Å²) in [6.07, 6.45) is 3.47. The second-order valence-corrected chi connectivity index (χ2v) is 5.59. The van der Waals surface area contributed by atoms with Crippen LogP contribution < -0.4 is 5.32 Å². The summed E-state index contributed by atoms with van der Waals surface area (Å²) in [5.74, 6) is -0.132. The molecule has 2 aromatic heterocycles. The van der Waals surface area contributed by atoms with Gasteiger partial charge in [-0.15, -0.1) is 0 Å². The third kappa shape index (κ3) is 2.59. The molecule has 0 aliphatic heterocycles. The highest BCUT2D eigenvalue weighted by Gasteiger charge is 2.10. The van der Waals surface area contributed by atoms with E-state index in [-0.39, 0.29) is 5.91 Å². The number of carbonyl (C=O) groups excluding carboxylic acids is 1. The Morgan fingerprint density at radius 1 is 1.32 bits per heavy atom. The predicted octanol–water partition coefficient (Wildman–Crippen LogP) is 2.28. The second-order valence-electron chi connectivity index (χ2n) is 5.59. The van der Waals surface area contributed by atoms with Crippen LogP contribution in [0.4, 0.5) is 0 Å². The number of carbonyl (C=O) groups is 1. The molecule has 3 rings (SSSR count). The minimum Gasteiger partial charge on any atom is -0.347 e. The summed E-state index contributed by atoms with van der Waals surface area (Å²) >= 11 is 0. The number of nitrogens with one attached hydrogen (secondary N) is 1. The molecule has 0 radical (unpaired) electrons. The molecule has 1 N–H and O–H groups in total. The largest absolute Gasteiger partial charge is 0.347 e. The molecule has 0 aliphatic carbocycles. The van der Waals surface area contributed by atoms with Gasteiger partial charge < -0.3 is 9.88 Å². The summed E-state index contributed by atoms with van der Waals surface area (Å²) in [7, 11) is 1.75. The highest BCUT2D eigenvalue weighted by molar-refractivity contribution is 5.92. The van der Waals surface area contributed by atoms with E-state index in [0.29, 0.717) is 18.3 Å². The van der Waals surface area contributed by atoms with Gasteiger partial charge in [-0.2, -0.15) is 5.10 Å². The van der Waals surface area contributed by atoms with Gasteiger partial charge in [-0.3, -0.25) is 9.48 Å². The fraction of sp³-hybridized carbons (Fsp3) is 0.312. The first-order valence-electron chi connectivity index (χ1n) is 7.28. The van der Waals surface area contributed by atoms with Crippen molar-refractivity contribution in [2.24, 2.45) is 7.05 Å². The topological polar surface area (TPSA) is 64.7 Å². The standard InChI is InChI=1S/C16H19N5O/c1-11(2)21-10-18-13-8-12(4-5-14(13)21)9-17-16(22)15-6-7-19-20(15)3/h4-8,10-11H,9H2,1-3H3,(H,17,22). The Labute approximate surface area is 128 Å². The smallest absolute Gasteiger partial charge is 0.269 e. The maximum Gasteiger partial charge on any atom is 0.269 e. The molecule has 0 atom stereocenters. The fourth-order valence-electron chi connectivity index (χ4n) is 2.47. The molecule has 3 aromatic rings. The number of fused-ring (bicyclic) bond motifs is 1. The van der Waals surface area contributed by atoms with Gasteiger partial charge in [0.15, 0.2) is 0 Å². The molecule has 6 heteroatoms. The van der Waals surface area contributed by atoms with Crippen LogP contribution >= 0.6 is 0 Å². The van der Waals surface area contributed by atoms with Crippen molar-refractivity contribution in [3.05, 3.63) is 48.0 Å². The molecule has 114 valence electrons. The summed E-state index contributed by atoms with van der Waals surface area (Å²) < 4.78 is 3.69. The molecule has 2 heterocycles. The van der Waals surface area contributed by atoms with Gasteiger partial charge in [-0.05, 0) is 37.6 Å². The van der Waals surface area contributed by atoms with Crippen LogP contribution in [0.2, 0.25) is 0 Å². The number of hydrogen-bond acceptors (Lipinski definition) is 3. The van der Waals surface area contributed by atoms with Crippen LogP contribution in [0, 0.1) is 0 Å². The van der Waals surface area contributed by atoms with Crippen molar-refractivity contribution >= 4 is 16.9 Å². The van der Waals surface area contributed by atoms with E-state index in [4.69, 9.17) is 0 Å². The number of aryl methyl sites for hydroxylation is 1. The molecule has 0 spiro atoms. The Kier molecular flexibility index (Phi) is 3.66. The van der Waals surface area contributed by atoms with Gasteiger partial charge in [0.2, 0.25) is 0 Å². The second kappa shape index (κ2) is 5.63. The Morgan fingerprint density at radius 2 is 2.14 bits per heavy atom. The van der Waals surface area contributed by atoms with E-state index in [1.54, 1.807) is 24.0 Å². The number of imidazole rings is 1. The molecule has 22 heavy (non-hydrogen) atoms. The Bertz CT molecular complexity index is 815. The van der Waals surface area contributed by atoms with E-state index in [0.717, 1.165) is 16.6 Å². The van der Waals surface area contributed by atoms with Crippen LogP contribution in [0.25, 0.3) is 11.0 Å². The molecular weight excluding hydrogens is 278 g/mol. The summed E-state index contributed by atoms with van der Waals surface area (Å²) in [6, 6.07) is 8.15.